The Morgan fingerprint density at radius 2 is 1.83 bits per heavy atom. The van der Waals surface area contributed by atoms with E-state index in [1.165, 1.54) is 18.6 Å². The molecule has 0 fully saturated rings. The number of aromatic nitrogens is 2. The minimum absolute atomic E-state index is 0.181. The molecule has 24 heavy (non-hydrogen) atoms. The van der Waals surface area contributed by atoms with Crippen molar-refractivity contribution < 1.29 is 19.4 Å². The molecule has 1 aromatic heterocycles. The number of fused-ring (bicyclic) bond motifs is 1. The van der Waals surface area contributed by atoms with Gasteiger partial charge in [0.1, 0.15) is 6.54 Å². The van der Waals surface area contributed by atoms with Crippen molar-refractivity contribution in [3.8, 4) is 0 Å². The van der Waals surface area contributed by atoms with Crippen LogP contribution in [0.1, 0.15) is 13.8 Å². The molecule has 8 nitrogen and oxygen atoms in total. The number of hydrogen-bond donors (Lipinski definition) is 2. The lowest BCUT2D eigenvalue weighted by molar-refractivity contribution is -0.149. The Labute approximate surface area is 138 Å². The van der Waals surface area contributed by atoms with Gasteiger partial charge in [-0.25, -0.2) is 9.59 Å². The lowest BCUT2D eigenvalue weighted by Crippen LogP contribution is -2.56. The molecule has 0 radical (unpaired) electrons. The molecule has 0 saturated heterocycles. The fraction of sp³-hybridized carbons (Fsp3) is 0.438. The van der Waals surface area contributed by atoms with Gasteiger partial charge in [-0.05, 0) is 26.0 Å². The van der Waals surface area contributed by atoms with Crippen molar-refractivity contribution >= 4 is 22.9 Å². The van der Waals surface area contributed by atoms with Crippen LogP contribution in [0.25, 0.3) is 11.0 Å². The average Bonchev–Trinajstić information content (AvgIpc) is 2.79. The Bertz CT molecular complexity index is 823. The predicted octanol–water partition coefficient (Wildman–Crippen LogP) is 0.429. The van der Waals surface area contributed by atoms with Gasteiger partial charge in [-0.3, -0.25) is 13.9 Å². The van der Waals surface area contributed by atoms with E-state index in [0.717, 1.165) is 5.52 Å². The quantitative estimate of drug-likeness (QED) is 0.764. The normalized spacial score (nSPS) is 13.6. The minimum atomic E-state index is -1.56. The summed E-state index contributed by atoms with van der Waals surface area (Å²) in [6.07, 6.45) is 0. The van der Waals surface area contributed by atoms with Crippen LogP contribution in [0.15, 0.2) is 29.1 Å². The summed E-state index contributed by atoms with van der Waals surface area (Å²) in [7, 11) is 1.35. The van der Waals surface area contributed by atoms with Crippen LogP contribution in [0.3, 0.4) is 0 Å². The monoisotopic (exact) mass is 335 g/mol. The zero-order valence-electron chi connectivity index (χ0n) is 13.9. The van der Waals surface area contributed by atoms with Crippen LogP contribution in [0.4, 0.5) is 0 Å². The summed E-state index contributed by atoms with van der Waals surface area (Å²) in [6, 6.07) is 7.16. The van der Waals surface area contributed by atoms with E-state index in [4.69, 9.17) is 4.74 Å². The van der Waals surface area contributed by atoms with E-state index in [0.29, 0.717) is 12.1 Å². The summed E-state index contributed by atoms with van der Waals surface area (Å²) in [5, 5.41) is 11.7. The number of hydrogen-bond acceptors (Lipinski definition) is 4. The molecule has 1 amide bonds. The zero-order valence-corrected chi connectivity index (χ0v) is 13.9. The fourth-order valence-electron chi connectivity index (χ4n) is 2.66. The molecule has 0 aliphatic rings. The van der Waals surface area contributed by atoms with Crippen LogP contribution in [-0.2, 0) is 27.4 Å². The van der Waals surface area contributed by atoms with Gasteiger partial charge in [-0.2, -0.15) is 0 Å². The van der Waals surface area contributed by atoms with Crippen molar-refractivity contribution in [2.24, 2.45) is 0 Å². The van der Waals surface area contributed by atoms with Crippen LogP contribution < -0.4 is 11.0 Å². The van der Waals surface area contributed by atoms with Gasteiger partial charge in [0.2, 0.25) is 5.91 Å². The molecule has 1 unspecified atom stereocenters. The van der Waals surface area contributed by atoms with Crippen molar-refractivity contribution in [3.05, 3.63) is 34.7 Å². The number of aryl methyl sites for hydroxylation is 1. The number of nitrogens with one attached hydrogen (secondary N) is 1. The second kappa shape index (κ2) is 6.88. The van der Waals surface area contributed by atoms with Gasteiger partial charge in [-0.1, -0.05) is 12.1 Å². The molecule has 0 spiro atoms. The van der Waals surface area contributed by atoms with Crippen LogP contribution in [0.2, 0.25) is 0 Å². The first kappa shape index (κ1) is 17.7. The molecule has 0 aliphatic carbocycles. The molecule has 1 atom stereocenters. The van der Waals surface area contributed by atoms with E-state index in [2.05, 4.69) is 5.32 Å². The number of para-hydroxylation sites is 2. The van der Waals surface area contributed by atoms with Gasteiger partial charge in [0.05, 0.1) is 17.6 Å². The number of benzene rings is 1. The van der Waals surface area contributed by atoms with Gasteiger partial charge in [0.15, 0.2) is 5.54 Å². The van der Waals surface area contributed by atoms with E-state index in [1.54, 1.807) is 22.8 Å². The summed E-state index contributed by atoms with van der Waals surface area (Å²) >= 11 is 0. The molecule has 8 heteroatoms. The maximum absolute atomic E-state index is 12.5. The first-order valence-corrected chi connectivity index (χ1v) is 7.55. The third-order valence-corrected chi connectivity index (χ3v) is 3.86. The zero-order chi connectivity index (χ0) is 17.9. The Morgan fingerprint density at radius 1 is 1.25 bits per heavy atom. The first-order chi connectivity index (χ1) is 11.3. The van der Waals surface area contributed by atoms with Crippen molar-refractivity contribution in [2.75, 3.05) is 13.7 Å². The maximum atomic E-state index is 12.5. The number of aliphatic carboxylic acids is 1. The van der Waals surface area contributed by atoms with Crippen molar-refractivity contribution in [3.63, 3.8) is 0 Å². The number of ether oxygens (including phenoxy) is 1. The second-order valence-electron chi connectivity index (χ2n) is 5.72. The average molecular weight is 335 g/mol. The molecule has 2 N–H and O–H groups in total. The van der Waals surface area contributed by atoms with Gasteiger partial charge >= 0.3 is 11.7 Å². The highest BCUT2D eigenvalue weighted by molar-refractivity contribution is 5.87. The van der Waals surface area contributed by atoms with E-state index < -0.39 is 17.4 Å². The van der Waals surface area contributed by atoms with E-state index >= 15 is 0 Å². The van der Waals surface area contributed by atoms with E-state index in [1.807, 2.05) is 13.0 Å². The Hall–Kier alpha value is -2.61. The third kappa shape index (κ3) is 3.18. The van der Waals surface area contributed by atoms with Crippen molar-refractivity contribution in [1.82, 2.24) is 14.5 Å². The SMILES string of the molecule is CCn1c(=O)n(CC(=O)NC(C)(COC)C(=O)O)c2ccccc21. The minimum Gasteiger partial charge on any atom is -0.479 e. The Morgan fingerprint density at radius 3 is 2.33 bits per heavy atom. The molecular formula is C16H21N3O5. The van der Waals surface area contributed by atoms with Crippen molar-refractivity contribution in [2.45, 2.75) is 32.5 Å². The number of carbonyl (C=O) groups excluding carboxylic acids is 1. The van der Waals surface area contributed by atoms with E-state index in [9.17, 15) is 19.5 Å². The number of amides is 1. The smallest absolute Gasteiger partial charge is 0.331 e. The number of methoxy groups -OCH3 is 1. The summed E-state index contributed by atoms with van der Waals surface area (Å²) in [6.45, 7) is 3.23. The largest absolute Gasteiger partial charge is 0.479 e. The summed E-state index contributed by atoms with van der Waals surface area (Å²) < 4.78 is 7.77. The number of rotatable bonds is 7. The van der Waals surface area contributed by atoms with E-state index in [-0.39, 0.29) is 18.8 Å². The highest BCUT2D eigenvalue weighted by atomic mass is 16.5. The second-order valence-corrected chi connectivity index (χ2v) is 5.72. The molecular weight excluding hydrogens is 314 g/mol. The predicted molar refractivity (Wildman–Crippen MR) is 87.9 cm³/mol. The third-order valence-electron chi connectivity index (χ3n) is 3.86. The number of carboxylic acids is 1. The lowest BCUT2D eigenvalue weighted by atomic mass is 10.0. The molecule has 130 valence electrons. The molecule has 0 bridgehead atoms. The fourth-order valence-corrected chi connectivity index (χ4v) is 2.66. The summed E-state index contributed by atoms with van der Waals surface area (Å²) in [5.74, 6) is -1.78. The standard InChI is InChI=1S/C16H21N3O5/c1-4-18-11-7-5-6-8-12(11)19(15(18)23)9-13(20)17-16(2,10-24-3)14(21)22/h5-8H,4,9-10H2,1-3H3,(H,17,20)(H,21,22). The molecule has 0 aliphatic heterocycles. The van der Waals surface area contributed by atoms with Crippen LogP contribution in [0, 0.1) is 0 Å². The highest BCUT2D eigenvalue weighted by Gasteiger charge is 2.35. The summed E-state index contributed by atoms with van der Waals surface area (Å²) in [4.78, 5) is 36.1. The number of carboxylic acid groups (broad SMARTS) is 1. The van der Waals surface area contributed by atoms with Crippen LogP contribution in [-0.4, -0.2) is 45.4 Å². The highest BCUT2D eigenvalue weighted by Crippen LogP contribution is 2.13. The summed E-state index contributed by atoms with van der Waals surface area (Å²) in [5.41, 5.74) is -0.505. The van der Waals surface area contributed by atoms with Crippen LogP contribution >= 0.6 is 0 Å². The lowest BCUT2D eigenvalue weighted by Gasteiger charge is -2.25. The number of imidazole rings is 1. The van der Waals surface area contributed by atoms with Gasteiger partial charge in [-0.15, -0.1) is 0 Å². The van der Waals surface area contributed by atoms with Gasteiger partial charge < -0.3 is 15.2 Å². The Balaban J connectivity index is 2.33. The van der Waals surface area contributed by atoms with Gasteiger partial charge in [0.25, 0.3) is 0 Å². The molecule has 1 aromatic carbocycles. The molecule has 2 rings (SSSR count). The molecule has 2 aromatic rings. The first-order valence-electron chi connectivity index (χ1n) is 7.55. The topological polar surface area (TPSA) is 103 Å². The van der Waals surface area contributed by atoms with Crippen molar-refractivity contribution in [1.29, 1.82) is 0 Å². The van der Waals surface area contributed by atoms with Crippen LogP contribution in [0.5, 0.6) is 0 Å². The number of carbonyl (C=O) groups is 2. The number of nitrogens with zero attached hydrogens (tertiary/aromatic N) is 2. The van der Waals surface area contributed by atoms with Gasteiger partial charge in [0, 0.05) is 13.7 Å². The molecule has 0 saturated carbocycles. The molecule has 1 heterocycles. The maximum Gasteiger partial charge on any atom is 0.331 e. The Kier molecular flexibility index (Phi) is 5.08.